The van der Waals surface area contributed by atoms with Gasteiger partial charge >= 0.3 is 0 Å². The molecule has 1 aliphatic carbocycles. The third-order valence-electron chi connectivity index (χ3n) is 5.51. The molecular weight excluding hydrogens is 408 g/mol. The van der Waals surface area contributed by atoms with Crippen molar-refractivity contribution in [1.29, 1.82) is 0 Å². The smallest absolute Gasteiger partial charge is 0.280 e. The van der Waals surface area contributed by atoms with E-state index in [0.29, 0.717) is 0 Å². The van der Waals surface area contributed by atoms with E-state index < -0.39 is 38.5 Å². The molecule has 0 spiro atoms. The lowest BCUT2D eigenvalue weighted by Crippen LogP contribution is -2.69. The first-order valence-corrected chi connectivity index (χ1v) is 10.9. The molecule has 156 valence electrons. The minimum atomic E-state index is -4.20. The first kappa shape index (κ1) is 20.2. The average molecular weight is 428 g/mol. The number of hydrogen-bond donors (Lipinski definition) is 0. The Hall–Kier alpha value is -3.04. The van der Waals surface area contributed by atoms with Crippen molar-refractivity contribution in [3.63, 3.8) is 0 Å². The molecule has 1 saturated heterocycles. The van der Waals surface area contributed by atoms with Gasteiger partial charge in [-0.3, -0.25) is 14.9 Å². The topological polar surface area (TPSA) is 107 Å². The monoisotopic (exact) mass is 428 g/mol. The standard InChI is InChI=1S/C21H20N2O6S/c1-15-7-9-18(10-8-15)30(27,28)22-17-11-12-21(20(22)24,19(13-17)23(25)26)29-14-16-5-3-2-4-6-16/h2-12,17,19H,13-14H2,1H3/t17-,19+,21-/m1/s1. The molecule has 0 unspecified atom stereocenters. The van der Waals surface area contributed by atoms with Gasteiger partial charge in [-0.1, -0.05) is 54.1 Å². The van der Waals surface area contributed by atoms with Crippen LogP contribution < -0.4 is 0 Å². The largest absolute Gasteiger partial charge is 0.350 e. The molecule has 2 aromatic carbocycles. The number of carbonyl (C=O) groups excluding carboxylic acids is 1. The summed E-state index contributed by atoms with van der Waals surface area (Å²) in [5, 5.41) is 11.7. The van der Waals surface area contributed by atoms with Crippen LogP contribution in [0.15, 0.2) is 71.6 Å². The molecular formula is C21H20N2O6S. The zero-order valence-electron chi connectivity index (χ0n) is 16.2. The van der Waals surface area contributed by atoms with E-state index in [1.165, 1.54) is 24.3 Å². The van der Waals surface area contributed by atoms with Crippen molar-refractivity contribution in [2.75, 3.05) is 0 Å². The molecule has 3 atom stereocenters. The summed E-state index contributed by atoms with van der Waals surface area (Å²) in [6, 6.07) is 12.7. The number of nitro groups is 1. The van der Waals surface area contributed by atoms with Crippen LogP contribution in [-0.2, 0) is 26.2 Å². The third kappa shape index (κ3) is 3.20. The first-order chi connectivity index (χ1) is 14.3. The highest BCUT2D eigenvalue weighted by Gasteiger charge is 2.64. The fraction of sp³-hybridized carbons (Fsp3) is 0.286. The molecule has 3 aliphatic rings. The summed E-state index contributed by atoms with van der Waals surface area (Å²) >= 11 is 0. The number of ether oxygens (including phenoxy) is 1. The van der Waals surface area contributed by atoms with Crippen LogP contribution in [0.25, 0.3) is 0 Å². The zero-order valence-corrected chi connectivity index (χ0v) is 17.0. The van der Waals surface area contributed by atoms with Gasteiger partial charge in [0.05, 0.1) is 17.5 Å². The number of carbonyl (C=O) groups is 1. The summed E-state index contributed by atoms with van der Waals surface area (Å²) in [6.45, 7) is 1.76. The van der Waals surface area contributed by atoms with Gasteiger partial charge in [0.2, 0.25) is 5.60 Å². The van der Waals surface area contributed by atoms with Gasteiger partial charge in [-0.2, -0.15) is 0 Å². The van der Waals surface area contributed by atoms with Crippen molar-refractivity contribution in [1.82, 2.24) is 4.31 Å². The maximum absolute atomic E-state index is 13.4. The zero-order chi connectivity index (χ0) is 21.5. The lowest BCUT2D eigenvalue weighted by molar-refractivity contribution is -0.544. The van der Waals surface area contributed by atoms with E-state index in [1.807, 2.05) is 13.0 Å². The van der Waals surface area contributed by atoms with Gasteiger partial charge in [0.25, 0.3) is 22.0 Å². The number of fused-ring (bicyclic) bond motifs is 2. The van der Waals surface area contributed by atoms with E-state index in [1.54, 1.807) is 36.4 Å². The lowest BCUT2D eigenvalue weighted by Gasteiger charge is -2.47. The Morgan fingerprint density at radius 3 is 2.47 bits per heavy atom. The molecule has 1 amide bonds. The highest BCUT2D eigenvalue weighted by atomic mass is 32.2. The molecule has 30 heavy (non-hydrogen) atoms. The van der Waals surface area contributed by atoms with E-state index in [2.05, 4.69) is 0 Å². The number of sulfonamides is 1. The SMILES string of the molecule is Cc1ccc(S(=O)(=O)N2C(=O)[C@@]3(OCc4ccccc4)C=C[C@@H]2C[C@@H]3[N+](=O)[O-])cc1. The summed E-state index contributed by atoms with van der Waals surface area (Å²) in [4.78, 5) is 24.5. The van der Waals surface area contributed by atoms with Crippen molar-refractivity contribution in [3.8, 4) is 0 Å². The number of hydrogen-bond acceptors (Lipinski definition) is 6. The molecule has 9 heteroatoms. The van der Waals surface area contributed by atoms with E-state index in [0.717, 1.165) is 15.4 Å². The van der Waals surface area contributed by atoms with E-state index in [-0.39, 0.29) is 17.9 Å². The number of nitrogens with zero attached hydrogens (tertiary/aromatic N) is 2. The molecule has 0 N–H and O–H groups in total. The Balaban J connectivity index is 1.73. The third-order valence-corrected chi connectivity index (χ3v) is 7.34. The molecule has 2 bridgehead atoms. The molecule has 0 saturated carbocycles. The van der Waals surface area contributed by atoms with Gasteiger partial charge in [-0.25, -0.2) is 12.7 Å². The van der Waals surface area contributed by atoms with Gasteiger partial charge in [-0.15, -0.1) is 0 Å². The number of benzene rings is 2. The van der Waals surface area contributed by atoms with E-state index >= 15 is 0 Å². The normalized spacial score (nSPS) is 25.5. The minimum Gasteiger partial charge on any atom is -0.350 e. The maximum atomic E-state index is 13.4. The van der Waals surface area contributed by atoms with Crippen LogP contribution >= 0.6 is 0 Å². The number of aryl methyl sites for hydroxylation is 1. The quantitative estimate of drug-likeness (QED) is 0.397. The Kier molecular flexibility index (Phi) is 4.95. The summed E-state index contributed by atoms with van der Waals surface area (Å²) in [7, 11) is -4.20. The Morgan fingerprint density at radius 2 is 1.83 bits per heavy atom. The first-order valence-electron chi connectivity index (χ1n) is 9.42. The Bertz CT molecular complexity index is 1110. The predicted molar refractivity (Wildman–Crippen MR) is 108 cm³/mol. The van der Waals surface area contributed by atoms with Crippen molar-refractivity contribution < 1.29 is 22.9 Å². The van der Waals surface area contributed by atoms with Crippen LogP contribution in [0.1, 0.15) is 17.5 Å². The highest BCUT2D eigenvalue weighted by Crippen LogP contribution is 2.41. The van der Waals surface area contributed by atoms with Crippen molar-refractivity contribution >= 4 is 15.9 Å². The van der Waals surface area contributed by atoms with Gasteiger partial charge in [0, 0.05) is 11.3 Å². The summed E-state index contributed by atoms with van der Waals surface area (Å²) in [5.74, 6) is -0.931. The fourth-order valence-corrected chi connectivity index (χ4v) is 5.48. The summed E-state index contributed by atoms with van der Waals surface area (Å²) < 4.78 is 33.0. The van der Waals surface area contributed by atoms with Crippen LogP contribution in [0.5, 0.6) is 0 Å². The highest BCUT2D eigenvalue weighted by molar-refractivity contribution is 7.89. The van der Waals surface area contributed by atoms with Crippen LogP contribution in [0.3, 0.4) is 0 Å². The maximum Gasteiger partial charge on any atom is 0.280 e. The Morgan fingerprint density at radius 1 is 1.17 bits per heavy atom. The second-order valence-electron chi connectivity index (χ2n) is 7.45. The molecule has 5 rings (SSSR count). The molecule has 1 fully saturated rings. The van der Waals surface area contributed by atoms with Crippen LogP contribution in [0, 0.1) is 17.0 Å². The predicted octanol–water partition coefficient (Wildman–Crippen LogP) is 2.46. The van der Waals surface area contributed by atoms with Gasteiger partial charge in [0.1, 0.15) is 0 Å². The average Bonchev–Trinajstić information content (AvgIpc) is 2.73. The molecule has 0 aromatic heterocycles. The molecule has 8 nitrogen and oxygen atoms in total. The van der Waals surface area contributed by atoms with Crippen molar-refractivity contribution in [3.05, 3.63) is 88.0 Å². The van der Waals surface area contributed by atoms with Crippen LogP contribution in [0.4, 0.5) is 0 Å². The second-order valence-corrected chi connectivity index (χ2v) is 9.26. The van der Waals surface area contributed by atoms with Gasteiger partial charge in [-0.05, 0) is 30.7 Å². The molecule has 2 heterocycles. The van der Waals surface area contributed by atoms with Crippen molar-refractivity contribution in [2.45, 2.75) is 42.5 Å². The lowest BCUT2D eigenvalue weighted by atomic mass is 9.78. The van der Waals surface area contributed by atoms with Crippen LogP contribution in [-0.4, -0.2) is 41.2 Å². The minimum absolute atomic E-state index is 0.0433. The number of piperidine rings is 1. The van der Waals surface area contributed by atoms with Crippen LogP contribution in [0.2, 0.25) is 0 Å². The van der Waals surface area contributed by atoms with E-state index in [9.17, 15) is 23.3 Å². The van der Waals surface area contributed by atoms with Crippen molar-refractivity contribution in [2.24, 2.45) is 0 Å². The molecule has 2 aliphatic heterocycles. The molecule has 0 radical (unpaired) electrons. The number of amides is 1. The Labute approximate surface area is 174 Å². The van der Waals surface area contributed by atoms with E-state index in [4.69, 9.17) is 4.74 Å². The summed E-state index contributed by atoms with van der Waals surface area (Å²) in [5.41, 5.74) is -0.390. The number of rotatable bonds is 6. The van der Waals surface area contributed by atoms with Gasteiger partial charge < -0.3 is 4.74 Å². The molecule has 2 aromatic rings. The second kappa shape index (κ2) is 7.33. The summed E-state index contributed by atoms with van der Waals surface area (Å²) in [6.07, 6.45) is 2.72. The fourth-order valence-electron chi connectivity index (χ4n) is 3.89. The van der Waals surface area contributed by atoms with Gasteiger partial charge in [0.15, 0.2) is 0 Å².